The molecule has 0 spiro atoms. The molecule has 1 aliphatic rings. The molecule has 0 saturated heterocycles. The number of hydrogen-bond donors (Lipinski definition) is 2. The van der Waals surface area contributed by atoms with Crippen LogP contribution in [0.3, 0.4) is 0 Å². The number of nitrogens with two attached hydrogens (primary N) is 1. The van der Waals surface area contributed by atoms with E-state index < -0.39 is 0 Å². The molecule has 1 heterocycles. The molecule has 3 N–H and O–H groups in total. The van der Waals surface area contributed by atoms with Gasteiger partial charge < -0.3 is 10.7 Å². The normalized spacial score (nSPS) is 16.3. The van der Waals surface area contributed by atoms with E-state index in [0.29, 0.717) is 5.92 Å². The molecule has 0 radical (unpaired) electrons. The van der Waals surface area contributed by atoms with Crippen LogP contribution in [0.1, 0.15) is 43.1 Å². The van der Waals surface area contributed by atoms with Crippen molar-refractivity contribution in [1.29, 1.82) is 0 Å². The first-order valence-corrected chi connectivity index (χ1v) is 6.66. The number of H-pyrrole nitrogens is 1. The molecule has 3 rings (SSSR count). The average Bonchev–Trinajstić information content (AvgIpc) is 2.97. The van der Waals surface area contributed by atoms with Crippen molar-refractivity contribution >= 4 is 5.69 Å². The van der Waals surface area contributed by atoms with Crippen LogP contribution in [0.2, 0.25) is 0 Å². The van der Waals surface area contributed by atoms with Gasteiger partial charge in [-0.3, -0.25) is 0 Å². The predicted octanol–water partition coefficient (Wildman–Crippen LogP) is 3.62. The highest BCUT2D eigenvalue weighted by molar-refractivity contribution is 5.66. The highest BCUT2D eigenvalue weighted by Crippen LogP contribution is 2.34. The molecule has 0 bridgehead atoms. The summed E-state index contributed by atoms with van der Waals surface area (Å²) < 4.78 is 0. The van der Waals surface area contributed by atoms with Crippen molar-refractivity contribution in [2.75, 3.05) is 5.73 Å². The number of rotatable bonds is 2. The third-order valence-corrected chi connectivity index (χ3v) is 3.80. The Kier molecular flexibility index (Phi) is 2.82. The molecule has 94 valence electrons. The Morgan fingerprint density at radius 2 is 2.06 bits per heavy atom. The highest BCUT2D eigenvalue weighted by Gasteiger charge is 2.21. The lowest BCUT2D eigenvalue weighted by atomic mass is 10.1. The standard InChI is InChI=1S/C15H19N3/c1-10-14(12-7-4-8-13(16)9-12)18-15(17-10)11-5-2-3-6-11/h4,7-9,11H,2-3,5-6,16H2,1H3,(H,17,18). The Bertz CT molecular complexity index is 551. The van der Waals surface area contributed by atoms with Gasteiger partial charge >= 0.3 is 0 Å². The van der Waals surface area contributed by atoms with E-state index in [4.69, 9.17) is 10.7 Å². The number of hydrogen-bond acceptors (Lipinski definition) is 2. The van der Waals surface area contributed by atoms with Gasteiger partial charge in [0, 0.05) is 22.9 Å². The molecular weight excluding hydrogens is 222 g/mol. The number of nitrogen functional groups attached to an aromatic ring is 1. The molecular formula is C15H19N3. The van der Waals surface area contributed by atoms with E-state index in [1.165, 1.54) is 25.7 Å². The largest absolute Gasteiger partial charge is 0.399 e. The van der Waals surface area contributed by atoms with Crippen molar-refractivity contribution in [3.63, 3.8) is 0 Å². The summed E-state index contributed by atoms with van der Waals surface area (Å²) in [7, 11) is 0. The summed E-state index contributed by atoms with van der Waals surface area (Å²) in [5, 5.41) is 0. The van der Waals surface area contributed by atoms with Crippen LogP contribution in [0.15, 0.2) is 24.3 Å². The minimum Gasteiger partial charge on any atom is -0.399 e. The van der Waals surface area contributed by atoms with E-state index in [9.17, 15) is 0 Å². The van der Waals surface area contributed by atoms with Gasteiger partial charge in [-0.25, -0.2) is 4.98 Å². The summed E-state index contributed by atoms with van der Waals surface area (Å²) >= 11 is 0. The third-order valence-electron chi connectivity index (χ3n) is 3.80. The maximum Gasteiger partial charge on any atom is 0.110 e. The number of nitrogens with one attached hydrogen (secondary N) is 1. The van der Waals surface area contributed by atoms with Crippen molar-refractivity contribution in [3.8, 4) is 11.3 Å². The summed E-state index contributed by atoms with van der Waals surface area (Å²) in [5.74, 6) is 1.78. The molecule has 1 aromatic heterocycles. The van der Waals surface area contributed by atoms with E-state index >= 15 is 0 Å². The van der Waals surface area contributed by atoms with Gasteiger partial charge in [0.05, 0.1) is 5.69 Å². The monoisotopic (exact) mass is 241 g/mol. The average molecular weight is 241 g/mol. The number of benzene rings is 1. The van der Waals surface area contributed by atoms with E-state index in [0.717, 1.165) is 28.5 Å². The van der Waals surface area contributed by atoms with Gasteiger partial charge in [-0.1, -0.05) is 25.0 Å². The second-order valence-electron chi connectivity index (χ2n) is 5.20. The van der Waals surface area contributed by atoms with Crippen LogP contribution < -0.4 is 5.73 Å². The Morgan fingerprint density at radius 1 is 1.28 bits per heavy atom. The van der Waals surface area contributed by atoms with Gasteiger partial charge in [0.25, 0.3) is 0 Å². The van der Waals surface area contributed by atoms with Crippen LogP contribution >= 0.6 is 0 Å². The Hall–Kier alpha value is -1.77. The zero-order valence-corrected chi connectivity index (χ0v) is 10.7. The zero-order chi connectivity index (χ0) is 12.5. The Labute approximate surface area is 107 Å². The smallest absolute Gasteiger partial charge is 0.110 e. The number of nitrogens with zero attached hydrogens (tertiary/aromatic N) is 1. The molecule has 0 aliphatic heterocycles. The second kappa shape index (κ2) is 4.48. The van der Waals surface area contributed by atoms with Crippen LogP contribution in [-0.2, 0) is 0 Å². The third kappa shape index (κ3) is 2.01. The molecule has 1 fully saturated rings. The van der Waals surface area contributed by atoms with Gasteiger partial charge in [-0.2, -0.15) is 0 Å². The summed E-state index contributed by atoms with van der Waals surface area (Å²) in [4.78, 5) is 8.24. The topological polar surface area (TPSA) is 54.7 Å². The minimum absolute atomic E-state index is 0.624. The lowest BCUT2D eigenvalue weighted by molar-refractivity contribution is 0.677. The van der Waals surface area contributed by atoms with E-state index in [2.05, 4.69) is 18.0 Å². The van der Waals surface area contributed by atoms with Gasteiger partial charge in [0.2, 0.25) is 0 Å². The van der Waals surface area contributed by atoms with Crippen LogP contribution in [0.5, 0.6) is 0 Å². The van der Waals surface area contributed by atoms with Gasteiger partial charge in [-0.15, -0.1) is 0 Å². The fraction of sp³-hybridized carbons (Fsp3) is 0.400. The summed E-state index contributed by atoms with van der Waals surface area (Å²) in [5.41, 5.74) is 9.92. The molecule has 0 unspecified atom stereocenters. The van der Waals surface area contributed by atoms with Crippen molar-refractivity contribution in [2.24, 2.45) is 0 Å². The van der Waals surface area contributed by atoms with Crippen molar-refractivity contribution < 1.29 is 0 Å². The summed E-state index contributed by atoms with van der Waals surface area (Å²) in [6.45, 7) is 2.09. The summed E-state index contributed by atoms with van der Waals surface area (Å²) in [6, 6.07) is 7.94. The molecule has 0 amide bonds. The van der Waals surface area contributed by atoms with Gasteiger partial charge in [0.15, 0.2) is 0 Å². The number of imidazole rings is 1. The molecule has 3 nitrogen and oxygen atoms in total. The van der Waals surface area contributed by atoms with E-state index in [-0.39, 0.29) is 0 Å². The van der Waals surface area contributed by atoms with Crippen LogP contribution in [0.25, 0.3) is 11.3 Å². The number of aryl methyl sites for hydroxylation is 1. The first-order chi connectivity index (χ1) is 8.74. The number of anilines is 1. The van der Waals surface area contributed by atoms with Crippen molar-refractivity contribution in [3.05, 3.63) is 35.8 Å². The summed E-state index contributed by atoms with van der Waals surface area (Å²) in [6.07, 6.45) is 5.20. The molecule has 2 aromatic rings. The quantitative estimate of drug-likeness (QED) is 0.789. The fourth-order valence-electron chi connectivity index (χ4n) is 2.84. The van der Waals surface area contributed by atoms with Gasteiger partial charge in [0.1, 0.15) is 5.82 Å². The first kappa shape index (κ1) is 11.3. The molecule has 1 saturated carbocycles. The van der Waals surface area contributed by atoms with Gasteiger partial charge in [-0.05, 0) is 31.9 Å². The number of aromatic amines is 1. The highest BCUT2D eigenvalue weighted by atomic mass is 14.9. The Morgan fingerprint density at radius 3 is 2.78 bits per heavy atom. The maximum absolute atomic E-state index is 5.84. The van der Waals surface area contributed by atoms with Crippen molar-refractivity contribution in [1.82, 2.24) is 9.97 Å². The molecule has 3 heteroatoms. The second-order valence-corrected chi connectivity index (χ2v) is 5.20. The van der Waals surface area contributed by atoms with Crippen LogP contribution in [0, 0.1) is 6.92 Å². The molecule has 18 heavy (non-hydrogen) atoms. The van der Waals surface area contributed by atoms with E-state index in [1.807, 2.05) is 18.2 Å². The molecule has 1 aromatic carbocycles. The fourth-order valence-corrected chi connectivity index (χ4v) is 2.84. The number of aromatic nitrogens is 2. The lowest BCUT2D eigenvalue weighted by Crippen LogP contribution is -1.94. The zero-order valence-electron chi connectivity index (χ0n) is 10.7. The first-order valence-electron chi connectivity index (χ1n) is 6.66. The molecule has 1 aliphatic carbocycles. The minimum atomic E-state index is 0.624. The predicted molar refractivity (Wildman–Crippen MR) is 74.4 cm³/mol. The SMILES string of the molecule is Cc1[nH]c(C2CCCC2)nc1-c1cccc(N)c1. The molecule has 0 atom stereocenters. The van der Waals surface area contributed by atoms with Crippen LogP contribution in [0.4, 0.5) is 5.69 Å². The van der Waals surface area contributed by atoms with Crippen LogP contribution in [-0.4, -0.2) is 9.97 Å². The van der Waals surface area contributed by atoms with Crippen molar-refractivity contribution in [2.45, 2.75) is 38.5 Å². The Balaban J connectivity index is 1.97. The van der Waals surface area contributed by atoms with E-state index in [1.54, 1.807) is 0 Å². The lowest BCUT2D eigenvalue weighted by Gasteiger charge is -2.03. The maximum atomic E-state index is 5.84.